The molecular formula is C19H13Cl2FN4O. The summed E-state index contributed by atoms with van der Waals surface area (Å²) in [6.07, 6.45) is 1.57. The molecule has 2 heterocycles. The van der Waals surface area contributed by atoms with E-state index in [2.05, 4.69) is 9.97 Å². The van der Waals surface area contributed by atoms with Gasteiger partial charge in [-0.15, -0.1) is 0 Å². The lowest BCUT2D eigenvalue weighted by molar-refractivity contribution is 0.610. The second-order valence-corrected chi connectivity index (χ2v) is 6.89. The molecule has 0 atom stereocenters. The molecule has 0 bridgehead atoms. The van der Waals surface area contributed by atoms with Gasteiger partial charge in [0.2, 0.25) is 0 Å². The number of benzene rings is 2. The van der Waals surface area contributed by atoms with Crippen molar-refractivity contribution in [3.8, 4) is 5.69 Å². The van der Waals surface area contributed by atoms with Crippen molar-refractivity contribution >= 4 is 34.4 Å². The van der Waals surface area contributed by atoms with Gasteiger partial charge in [-0.3, -0.25) is 9.36 Å². The largest absolute Gasteiger partial charge is 0.318 e. The normalized spacial score (nSPS) is 11.3. The molecule has 0 radical (unpaired) electrons. The van der Waals surface area contributed by atoms with Gasteiger partial charge in [-0.2, -0.15) is 0 Å². The Morgan fingerprint density at radius 2 is 1.85 bits per heavy atom. The fourth-order valence-electron chi connectivity index (χ4n) is 2.94. The maximum absolute atomic E-state index is 14.3. The lowest BCUT2D eigenvalue weighted by Gasteiger charge is -2.14. The highest BCUT2D eigenvalue weighted by Gasteiger charge is 2.18. The van der Waals surface area contributed by atoms with Gasteiger partial charge in [-0.05, 0) is 36.4 Å². The molecule has 0 unspecified atom stereocenters. The molecule has 2 aromatic heterocycles. The Hall–Kier alpha value is -2.70. The van der Waals surface area contributed by atoms with Gasteiger partial charge < -0.3 is 4.57 Å². The number of fused-ring (bicyclic) bond motifs is 1. The molecule has 136 valence electrons. The van der Waals surface area contributed by atoms with Gasteiger partial charge in [0.1, 0.15) is 11.6 Å². The van der Waals surface area contributed by atoms with Crippen LogP contribution in [0.4, 0.5) is 4.39 Å². The van der Waals surface area contributed by atoms with Crippen LogP contribution in [0.2, 0.25) is 10.0 Å². The highest BCUT2D eigenvalue weighted by Crippen LogP contribution is 2.23. The Morgan fingerprint density at radius 1 is 1.11 bits per heavy atom. The summed E-state index contributed by atoms with van der Waals surface area (Å²) in [5.74, 6) is -0.102. The van der Waals surface area contributed by atoms with E-state index in [-0.39, 0.29) is 28.1 Å². The molecule has 4 aromatic rings. The molecule has 0 spiro atoms. The summed E-state index contributed by atoms with van der Waals surface area (Å²) in [5.41, 5.74) is 1.15. The Balaban J connectivity index is 2.00. The first-order chi connectivity index (χ1) is 13.0. The van der Waals surface area contributed by atoms with E-state index in [1.807, 2.05) is 0 Å². The van der Waals surface area contributed by atoms with Crippen molar-refractivity contribution in [2.45, 2.75) is 6.42 Å². The predicted octanol–water partition coefficient (Wildman–Crippen LogP) is 4.16. The van der Waals surface area contributed by atoms with E-state index >= 15 is 0 Å². The van der Waals surface area contributed by atoms with Crippen LogP contribution >= 0.6 is 23.2 Å². The van der Waals surface area contributed by atoms with E-state index in [4.69, 9.17) is 23.2 Å². The third-order valence-corrected chi connectivity index (χ3v) is 4.89. The van der Waals surface area contributed by atoms with E-state index in [0.717, 1.165) is 0 Å². The van der Waals surface area contributed by atoms with Gasteiger partial charge in [0.15, 0.2) is 11.2 Å². The summed E-state index contributed by atoms with van der Waals surface area (Å²) in [7, 11) is 1.74. The zero-order valence-corrected chi connectivity index (χ0v) is 15.7. The van der Waals surface area contributed by atoms with Crippen LogP contribution in [0, 0.1) is 5.82 Å². The van der Waals surface area contributed by atoms with E-state index < -0.39 is 5.82 Å². The lowest BCUT2D eigenvalue weighted by atomic mass is 10.1. The topological polar surface area (TPSA) is 52.7 Å². The number of imidazole rings is 1. The van der Waals surface area contributed by atoms with Crippen LogP contribution in [0.1, 0.15) is 11.4 Å². The lowest BCUT2D eigenvalue weighted by Crippen LogP contribution is -2.24. The van der Waals surface area contributed by atoms with Crippen molar-refractivity contribution < 1.29 is 4.39 Å². The molecule has 0 saturated heterocycles. The maximum atomic E-state index is 14.3. The van der Waals surface area contributed by atoms with Crippen molar-refractivity contribution in [3.63, 3.8) is 0 Å². The molecule has 27 heavy (non-hydrogen) atoms. The summed E-state index contributed by atoms with van der Waals surface area (Å²) in [6.45, 7) is 0. The number of aromatic nitrogens is 4. The Bertz CT molecular complexity index is 1190. The quantitative estimate of drug-likeness (QED) is 0.516. The van der Waals surface area contributed by atoms with E-state index in [9.17, 15) is 9.18 Å². The second-order valence-electron chi connectivity index (χ2n) is 6.05. The Morgan fingerprint density at radius 3 is 2.56 bits per heavy atom. The molecule has 0 amide bonds. The zero-order valence-electron chi connectivity index (χ0n) is 14.2. The maximum Gasteiger partial charge on any atom is 0.286 e. The van der Waals surface area contributed by atoms with Gasteiger partial charge in [0.25, 0.3) is 5.56 Å². The van der Waals surface area contributed by atoms with E-state index in [1.54, 1.807) is 41.9 Å². The molecule has 0 aliphatic carbocycles. The van der Waals surface area contributed by atoms with Crippen molar-refractivity contribution in [1.29, 1.82) is 0 Å². The van der Waals surface area contributed by atoms with Crippen LogP contribution in [0.3, 0.4) is 0 Å². The minimum Gasteiger partial charge on any atom is -0.318 e. The zero-order chi connectivity index (χ0) is 19.1. The molecule has 0 fully saturated rings. The number of hydrogen-bond donors (Lipinski definition) is 0. The Kier molecular flexibility index (Phi) is 4.45. The number of rotatable bonds is 3. The third kappa shape index (κ3) is 3.11. The number of nitrogens with zero attached hydrogens (tertiary/aromatic N) is 4. The Labute approximate surface area is 163 Å². The third-order valence-electron chi connectivity index (χ3n) is 4.29. The number of halogens is 3. The van der Waals surface area contributed by atoms with Crippen molar-refractivity contribution in [2.24, 2.45) is 7.05 Å². The smallest absolute Gasteiger partial charge is 0.286 e. The predicted molar refractivity (Wildman–Crippen MR) is 103 cm³/mol. The highest BCUT2D eigenvalue weighted by atomic mass is 35.5. The van der Waals surface area contributed by atoms with Crippen molar-refractivity contribution in [2.75, 3.05) is 0 Å². The fourth-order valence-corrected chi connectivity index (χ4v) is 3.29. The molecule has 4 rings (SSSR count). The van der Waals surface area contributed by atoms with Gasteiger partial charge in [-0.1, -0.05) is 29.3 Å². The van der Waals surface area contributed by atoms with Crippen LogP contribution in [-0.2, 0) is 13.5 Å². The van der Waals surface area contributed by atoms with Crippen LogP contribution in [0.15, 0.2) is 53.6 Å². The molecular weight excluding hydrogens is 390 g/mol. The van der Waals surface area contributed by atoms with Crippen LogP contribution in [0.25, 0.3) is 16.9 Å². The summed E-state index contributed by atoms with van der Waals surface area (Å²) < 4.78 is 17.4. The molecule has 5 nitrogen and oxygen atoms in total. The van der Waals surface area contributed by atoms with Gasteiger partial charge in [0, 0.05) is 29.1 Å². The highest BCUT2D eigenvalue weighted by molar-refractivity contribution is 6.31. The van der Waals surface area contributed by atoms with E-state index in [1.165, 1.54) is 23.0 Å². The minimum absolute atomic E-state index is 0.0461. The average Bonchev–Trinajstić information content (AvgIpc) is 3.01. The molecule has 0 aliphatic heterocycles. The first-order valence-corrected chi connectivity index (χ1v) is 8.83. The first kappa shape index (κ1) is 17.7. The molecule has 2 aromatic carbocycles. The summed E-state index contributed by atoms with van der Waals surface area (Å²) in [4.78, 5) is 21.8. The number of hydrogen-bond acceptors (Lipinski definition) is 3. The average molecular weight is 403 g/mol. The van der Waals surface area contributed by atoms with Crippen molar-refractivity contribution in [1.82, 2.24) is 19.1 Å². The van der Waals surface area contributed by atoms with Crippen LogP contribution in [-0.4, -0.2) is 19.1 Å². The monoisotopic (exact) mass is 402 g/mol. The molecule has 8 heteroatoms. The van der Waals surface area contributed by atoms with Crippen LogP contribution < -0.4 is 5.56 Å². The van der Waals surface area contributed by atoms with Crippen LogP contribution in [0.5, 0.6) is 0 Å². The van der Waals surface area contributed by atoms with Crippen molar-refractivity contribution in [3.05, 3.63) is 86.4 Å². The van der Waals surface area contributed by atoms with Gasteiger partial charge >= 0.3 is 0 Å². The SMILES string of the molecule is Cn1cnc2c(=O)n(-c3ccc(Cl)cc3)c(Cc3c(F)cccc3Cl)nc21. The van der Waals surface area contributed by atoms with Gasteiger partial charge in [0.05, 0.1) is 12.0 Å². The van der Waals surface area contributed by atoms with Gasteiger partial charge in [-0.25, -0.2) is 14.4 Å². The number of aryl methyl sites for hydroxylation is 1. The minimum atomic E-state index is -0.454. The molecule has 0 N–H and O–H groups in total. The first-order valence-electron chi connectivity index (χ1n) is 8.07. The second kappa shape index (κ2) is 6.79. The van der Waals surface area contributed by atoms with E-state index in [0.29, 0.717) is 22.2 Å². The summed E-state index contributed by atoms with van der Waals surface area (Å²) >= 11 is 12.1. The summed E-state index contributed by atoms with van der Waals surface area (Å²) in [6, 6.07) is 11.2. The molecule has 0 saturated carbocycles. The standard InChI is InChI=1S/C19H13Cl2FN4O/c1-25-10-23-17-18(25)24-16(9-13-14(21)3-2-4-15(13)22)26(19(17)27)12-7-5-11(20)6-8-12/h2-8,10H,9H2,1H3. The summed E-state index contributed by atoms with van der Waals surface area (Å²) in [5, 5.41) is 0.814. The molecule has 0 aliphatic rings. The fraction of sp³-hybridized carbons (Fsp3) is 0.105.